The monoisotopic (exact) mass is 452 g/mol. The molecule has 1 aliphatic rings. The average Bonchev–Trinajstić information content (AvgIpc) is 3.14. The molecule has 3 heterocycles. The van der Waals surface area contributed by atoms with E-state index >= 15 is 0 Å². The lowest BCUT2D eigenvalue weighted by Gasteiger charge is -2.25. The first kappa shape index (κ1) is 20.4. The zero-order chi connectivity index (χ0) is 22.6. The number of ether oxygens (including phenoxy) is 1. The Morgan fingerprint density at radius 1 is 1.16 bits per heavy atom. The predicted molar refractivity (Wildman–Crippen MR) is 122 cm³/mol. The molecule has 0 saturated heterocycles. The Kier molecular flexibility index (Phi) is 4.83. The van der Waals surface area contributed by atoms with Gasteiger partial charge in [-0.15, -0.1) is 0 Å². The van der Waals surface area contributed by atoms with Crippen LogP contribution in [0.15, 0.2) is 46.0 Å². The van der Waals surface area contributed by atoms with E-state index in [1.165, 1.54) is 0 Å². The van der Waals surface area contributed by atoms with Crippen molar-refractivity contribution >= 4 is 22.5 Å². The maximum atomic E-state index is 12.9. The van der Waals surface area contributed by atoms with Gasteiger partial charge in [-0.25, -0.2) is 9.36 Å². The number of hydrogen-bond donors (Lipinski definition) is 4. The summed E-state index contributed by atoms with van der Waals surface area (Å²) >= 11 is 6.13. The average molecular weight is 453 g/mol. The molecule has 0 amide bonds. The smallest absolute Gasteiger partial charge is 0.335 e. The summed E-state index contributed by atoms with van der Waals surface area (Å²) in [6.45, 7) is 2.39. The number of aromatic nitrogens is 3. The lowest BCUT2D eigenvalue weighted by Crippen LogP contribution is -2.38. The van der Waals surface area contributed by atoms with Gasteiger partial charge in [-0.3, -0.25) is 9.78 Å². The number of nitrogens with one attached hydrogen (secondary N) is 3. The van der Waals surface area contributed by atoms with Gasteiger partial charge in [0.15, 0.2) is 0 Å². The first-order valence-corrected chi connectivity index (χ1v) is 10.5. The number of H-pyrrole nitrogens is 2. The number of aromatic hydroxyl groups is 1. The summed E-state index contributed by atoms with van der Waals surface area (Å²) in [5, 5.41) is 15.9. The molecule has 0 aliphatic carbocycles. The molecule has 1 aliphatic heterocycles. The SMILES string of the molecule is COc1ccc2[nH]c3c(c2c1)CCN[C@H]3c1c(O)n(-c2cc(Cl)ccc2C)c(=O)[nH]c1=O. The molecular formula is C23H21ClN4O4. The highest BCUT2D eigenvalue weighted by Crippen LogP contribution is 2.36. The molecule has 4 N–H and O–H groups in total. The van der Waals surface area contributed by atoms with E-state index in [0.717, 1.165) is 44.5 Å². The van der Waals surface area contributed by atoms with Crippen molar-refractivity contribution in [3.8, 4) is 17.3 Å². The largest absolute Gasteiger partial charge is 0.497 e. The second-order valence-corrected chi connectivity index (χ2v) is 8.27. The minimum absolute atomic E-state index is 0.0587. The Labute approximate surface area is 187 Å². The molecule has 4 aromatic rings. The standard InChI is InChI=1S/C23H21ClN4O4/c1-11-3-4-12(24)9-17(11)28-22(30)18(21(29)27-23(28)31)20-19-14(7-8-25-20)15-10-13(32-2)5-6-16(15)26-19/h3-6,9-10,20,25-26,30H,7-8H2,1-2H3,(H,27,29,31)/t20-/m0/s1. The highest BCUT2D eigenvalue weighted by Gasteiger charge is 2.31. The van der Waals surface area contributed by atoms with E-state index < -0.39 is 23.2 Å². The van der Waals surface area contributed by atoms with Gasteiger partial charge in [-0.05, 0) is 54.8 Å². The zero-order valence-electron chi connectivity index (χ0n) is 17.5. The topological polar surface area (TPSA) is 112 Å². The normalized spacial score (nSPS) is 15.7. The Balaban J connectivity index is 1.75. The maximum Gasteiger partial charge on any atom is 0.335 e. The fourth-order valence-electron chi connectivity index (χ4n) is 4.43. The number of rotatable bonds is 3. The van der Waals surface area contributed by atoms with Crippen LogP contribution in [0.4, 0.5) is 0 Å². The van der Waals surface area contributed by atoms with Crippen molar-refractivity contribution in [2.75, 3.05) is 13.7 Å². The van der Waals surface area contributed by atoms with E-state index in [-0.39, 0.29) is 5.56 Å². The van der Waals surface area contributed by atoms with E-state index in [1.807, 2.05) is 18.2 Å². The van der Waals surface area contributed by atoms with Gasteiger partial charge in [0.25, 0.3) is 5.56 Å². The van der Waals surface area contributed by atoms with Crippen LogP contribution in [0.2, 0.25) is 5.02 Å². The van der Waals surface area contributed by atoms with Crippen molar-refractivity contribution in [2.24, 2.45) is 0 Å². The van der Waals surface area contributed by atoms with Gasteiger partial charge in [0.1, 0.15) is 11.3 Å². The third kappa shape index (κ3) is 3.11. The van der Waals surface area contributed by atoms with E-state index in [1.54, 1.807) is 32.2 Å². The number of halogens is 1. The summed E-state index contributed by atoms with van der Waals surface area (Å²) in [6.07, 6.45) is 0.741. The van der Waals surface area contributed by atoms with Crippen LogP contribution in [0.5, 0.6) is 11.6 Å². The molecule has 0 unspecified atom stereocenters. The summed E-state index contributed by atoms with van der Waals surface area (Å²) in [6, 6.07) is 10.1. The van der Waals surface area contributed by atoms with Crippen LogP contribution in [0.25, 0.3) is 16.6 Å². The van der Waals surface area contributed by atoms with Gasteiger partial charge in [0, 0.05) is 28.2 Å². The third-order valence-electron chi connectivity index (χ3n) is 5.98. The molecule has 5 rings (SSSR count). The van der Waals surface area contributed by atoms with Crippen LogP contribution in [0.3, 0.4) is 0 Å². The Morgan fingerprint density at radius 2 is 1.97 bits per heavy atom. The van der Waals surface area contributed by atoms with E-state index in [9.17, 15) is 14.7 Å². The lowest BCUT2D eigenvalue weighted by molar-refractivity contribution is 0.409. The van der Waals surface area contributed by atoms with Crippen LogP contribution in [-0.4, -0.2) is 33.3 Å². The van der Waals surface area contributed by atoms with E-state index in [0.29, 0.717) is 17.3 Å². The van der Waals surface area contributed by atoms with Crippen LogP contribution in [0.1, 0.15) is 28.4 Å². The second kappa shape index (κ2) is 7.58. The zero-order valence-corrected chi connectivity index (χ0v) is 18.2. The van der Waals surface area contributed by atoms with Gasteiger partial charge >= 0.3 is 5.69 Å². The number of aromatic amines is 2. The number of fused-ring (bicyclic) bond motifs is 3. The van der Waals surface area contributed by atoms with Gasteiger partial charge in [-0.2, -0.15) is 0 Å². The molecule has 1 atom stereocenters. The van der Waals surface area contributed by atoms with Crippen LogP contribution < -0.4 is 21.3 Å². The molecule has 0 saturated carbocycles. The first-order chi connectivity index (χ1) is 15.4. The van der Waals surface area contributed by atoms with Crippen LogP contribution in [0, 0.1) is 6.92 Å². The Hall–Kier alpha value is -3.49. The van der Waals surface area contributed by atoms with Crippen molar-refractivity contribution in [1.82, 2.24) is 19.9 Å². The molecule has 0 bridgehead atoms. The van der Waals surface area contributed by atoms with Crippen molar-refractivity contribution in [1.29, 1.82) is 0 Å². The molecule has 0 spiro atoms. The molecule has 164 valence electrons. The summed E-state index contributed by atoms with van der Waals surface area (Å²) in [5.41, 5.74) is 2.51. The Morgan fingerprint density at radius 3 is 2.75 bits per heavy atom. The van der Waals surface area contributed by atoms with Crippen LogP contribution in [-0.2, 0) is 6.42 Å². The maximum absolute atomic E-state index is 12.9. The number of benzene rings is 2. The molecule has 0 radical (unpaired) electrons. The molecular weight excluding hydrogens is 432 g/mol. The number of hydrogen-bond acceptors (Lipinski definition) is 5. The molecule has 0 fully saturated rings. The molecule has 2 aromatic heterocycles. The molecule has 8 nitrogen and oxygen atoms in total. The highest BCUT2D eigenvalue weighted by molar-refractivity contribution is 6.30. The summed E-state index contributed by atoms with van der Waals surface area (Å²) in [7, 11) is 1.61. The summed E-state index contributed by atoms with van der Waals surface area (Å²) in [4.78, 5) is 31.3. The van der Waals surface area contributed by atoms with E-state index in [2.05, 4.69) is 15.3 Å². The van der Waals surface area contributed by atoms with E-state index in [4.69, 9.17) is 16.3 Å². The van der Waals surface area contributed by atoms with Gasteiger partial charge in [0.2, 0.25) is 5.88 Å². The Bertz CT molecular complexity index is 1480. The fourth-order valence-corrected chi connectivity index (χ4v) is 4.59. The minimum Gasteiger partial charge on any atom is -0.497 e. The molecule has 2 aromatic carbocycles. The van der Waals surface area contributed by atoms with Crippen molar-refractivity contribution in [3.05, 3.63) is 84.6 Å². The summed E-state index contributed by atoms with van der Waals surface area (Å²) in [5.74, 6) is 0.311. The highest BCUT2D eigenvalue weighted by atomic mass is 35.5. The minimum atomic E-state index is -0.737. The number of aryl methyl sites for hydroxylation is 1. The van der Waals surface area contributed by atoms with Gasteiger partial charge in [0.05, 0.1) is 18.8 Å². The van der Waals surface area contributed by atoms with Crippen molar-refractivity contribution in [2.45, 2.75) is 19.4 Å². The molecule has 9 heteroatoms. The van der Waals surface area contributed by atoms with Crippen LogP contribution >= 0.6 is 11.6 Å². The van der Waals surface area contributed by atoms with Crippen molar-refractivity contribution < 1.29 is 9.84 Å². The lowest BCUT2D eigenvalue weighted by atomic mass is 9.95. The fraction of sp³-hybridized carbons (Fsp3) is 0.217. The quantitative estimate of drug-likeness (QED) is 0.382. The predicted octanol–water partition coefficient (Wildman–Crippen LogP) is 2.92. The summed E-state index contributed by atoms with van der Waals surface area (Å²) < 4.78 is 6.44. The van der Waals surface area contributed by atoms with Gasteiger partial charge < -0.3 is 20.1 Å². The third-order valence-corrected chi connectivity index (χ3v) is 6.22. The van der Waals surface area contributed by atoms with Gasteiger partial charge in [-0.1, -0.05) is 17.7 Å². The van der Waals surface area contributed by atoms with Crippen molar-refractivity contribution in [3.63, 3.8) is 0 Å². The second-order valence-electron chi connectivity index (χ2n) is 7.83. The number of nitrogens with zero attached hydrogens (tertiary/aromatic N) is 1. The molecule has 32 heavy (non-hydrogen) atoms. The number of methoxy groups -OCH3 is 1. The first-order valence-electron chi connectivity index (χ1n) is 10.2.